The number of ketones is 1. The Kier molecular flexibility index (Phi) is 7.08. The molecule has 0 bridgehead atoms. The summed E-state index contributed by atoms with van der Waals surface area (Å²) in [6.07, 6.45) is 0.922. The van der Waals surface area contributed by atoms with E-state index in [0.29, 0.717) is 51.9 Å². The molecule has 2 aromatic rings. The van der Waals surface area contributed by atoms with Crippen molar-refractivity contribution in [3.8, 4) is 11.5 Å². The number of para-hydroxylation sites is 1. The number of benzene rings is 2. The number of nitrogens with zero attached hydrogens (tertiary/aromatic N) is 1. The van der Waals surface area contributed by atoms with Crippen LogP contribution in [-0.4, -0.2) is 38.3 Å². The molecule has 0 amide bonds. The van der Waals surface area contributed by atoms with Gasteiger partial charge in [-0.25, -0.2) is 0 Å². The van der Waals surface area contributed by atoms with Crippen LogP contribution in [0, 0.1) is 5.92 Å². The van der Waals surface area contributed by atoms with Crippen LogP contribution in [-0.2, 0) is 14.3 Å². The van der Waals surface area contributed by atoms with Crippen molar-refractivity contribution in [1.29, 1.82) is 0 Å². The maximum absolute atomic E-state index is 13.7. The van der Waals surface area contributed by atoms with Crippen LogP contribution in [0.3, 0.4) is 0 Å². The van der Waals surface area contributed by atoms with E-state index < -0.39 is 17.8 Å². The van der Waals surface area contributed by atoms with E-state index in [1.807, 2.05) is 43.3 Å². The summed E-state index contributed by atoms with van der Waals surface area (Å²) in [7, 11) is 3.12. The fourth-order valence-electron chi connectivity index (χ4n) is 5.06. The van der Waals surface area contributed by atoms with Crippen molar-refractivity contribution in [3.05, 3.63) is 69.9 Å². The normalized spacial score (nSPS) is 22.1. The molecule has 3 atom stereocenters. The molecule has 4 rings (SSSR count). The maximum atomic E-state index is 13.7. The van der Waals surface area contributed by atoms with Gasteiger partial charge in [-0.1, -0.05) is 35.9 Å². The number of aliphatic imine (C=N–C) groups is 1. The van der Waals surface area contributed by atoms with Crippen molar-refractivity contribution in [2.24, 2.45) is 10.9 Å². The summed E-state index contributed by atoms with van der Waals surface area (Å²) in [5.74, 6) is -0.705. The lowest BCUT2D eigenvalue weighted by atomic mass is 9.69. The average molecular weight is 482 g/mol. The fourth-order valence-corrected chi connectivity index (χ4v) is 5.19. The summed E-state index contributed by atoms with van der Waals surface area (Å²) in [6.45, 7) is 3.83. The number of carbonyl (C=O) groups excluding carboxylic acids is 2. The van der Waals surface area contributed by atoms with Gasteiger partial charge in [0.1, 0.15) is 5.92 Å². The first-order valence-electron chi connectivity index (χ1n) is 11.3. The van der Waals surface area contributed by atoms with E-state index in [0.717, 1.165) is 5.56 Å². The minimum atomic E-state index is -0.726. The number of esters is 1. The number of hydrogen-bond acceptors (Lipinski definition) is 6. The summed E-state index contributed by atoms with van der Waals surface area (Å²) in [4.78, 5) is 31.6. The summed E-state index contributed by atoms with van der Waals surface area (Å²) in [5.41, 5.74) is 3.64. The third-order valence-corrected chi connectivity index (χ3v) is 6.79. The van der Waals surface area contributed by atoms with Crippen LogP contribution in [0.2, 0.25) is 5.02 Å². The second kappa shape index (κ2) is 10.0. The number of Topliss-reactive ketones (excluding diaryl/α,β-unsaturated/α-hetero) is 1. The van der Waals surface area contributed by atoms with Crippen molar-refractivity contribution in [1.82, 2.24) is 0 Å². The van der Waals surface area contributed by atoms with Crippen molar-refractivity contribution < 1.29 is 23.8 Å². The topological polar surface area (TPSA) is 74.2 Å². The lowest BCUT2D eigenvalue weighted by Gasteiger charge is -2.37. The van der Waals surface area contributed by atoms with E-state index in [1.54, 1.807) is 27.2 Å². The zero-order valence-electron chi connectivity index (χ0n) is 19.8. The Bertz CT molecular complexity index is 1170. The van der Waals surface area contributed by atoms with Crippen LogP contribution in [0.4, 0.5) is 0 Å². The molecule has 1 aliphatic heterocycles. The zero-order chi connectivity index (χ0) is 24.4. The molecule has 2 aliphatic rings. The molecule has 0 aromatic heterocycles. The monoisotopic (exact) mass is 481 g/mol. The third-order valence-electron chi connectivity index (χ3n) is 6.54. The van der Waals surface area contributed by atoms with Gasteiger partial charge in [0.15, 0.2) is 17.3 Å². The van der Waals surface area contributed by atoms with Gasteiger partial charge in [0.05, 0.1) is 20.8 Å². The van der Waals surface area contributed by atoms with Crippen molar-refractivity contribution in [2.45, 2.75) is 38.5 Å². The number of rotatable bonds is 6. The highest BCUT2D eigenvalue weighted by Crippen LogP contribution is 2.50. The SMILES string of the molecule is CCOC(=O)C1C(C)=NC2=C(C(=O)C[C@H](c3ccc(Cl)cc3)C2)[C@H]1c1cccc(OC)c1OC. The summed E-state index contributed by atoms with van der Waals surface area (Å²) < 4.78 is 16.6. The van der Waals surface area contributed by atoms with E-state index >= 15 is 0 Å². The van der Waals surface area contributed by atoms with Gasteiger partial charge in [-0.05, 0) is 49.9 Å². The van der Waals surface area contributed by atoms with Crippen LogP contribution in [0.1, 0.15) is 49.7 Å². The first-order valence-corrected chi connectivity index (χ1v) is 11.7. The van der Waals surface area contributed by atoms with Gasteiger partial charge >= 0.3 is 5.97 Å². The van der Waals surface area contributed by atoms with Crippen LogP contribution in [0.25, 0.3) is 0 Å². The molecule has 0 spiro atoms. The van der Waals surface area contributed by atoms with E-state index in [9.17, 15) is 9.59 Å². The van der Waals surface area contributed by atoms with Crippen LogP contribution in [0.5, 0.6) is 11.5 Å². The van der Waals surface area contributed by atoms with Crippen LogP contribution in [0.15, 0.2) is 58.7 Å². The molecule has 0 N–H and O–H groups in total. The van der Waals surface area contributed by atoms with Gasteiger partial charge in [-0.15, -0.1) is 0 Å². The third kappa shape index (κ3) is 4.34. The van der Waals surface area contributed by atoms with E-state index in [-0.39, 0.29) is 18.3 Å². The molecule has 0 saturated heterocycles. The molecule has 1 heterocycles. The molecule has 0 radical (unpaired) electrons. The Morgan fingerprint density at radius 3 is 2.47 bits per heavy atom. The van der Waals surface area contributed by atoms with Gasteiger partial charge < -0.3 is 14.2 Å². The molecule has 1 unspecified atom stereocenters. The number of carbonyl (C=O) groups is 2. The highest BCUT2D eigenvalue weighted by Gasteiger charge is 2.46. The van der Waals surface area contributed by atoms with Gasteiger partial charge in [-0.2, -0.15) is 0 Å². The number of allylic oxidation sites excluding steroid dienone is 2. The maximum Gasteiger partial charge on any atom is 0.315 e. The second-order valence-corrected chi connectivity index (χ2v) is 8.92. The summed E-state index contributed by atoms with van der Waals surface area (Å²) >= 11 is 6.06. The number of halogens is 1. The molecule has 6 nitrogen and oxygen atoms in total. The van der Waals surface area contributed by atoms with E-state index in [4.69, 9.17) is 30.8 Å². The molecular weight excluding hydrogens is 454 g/mol. The molecule has 0 saturated carbocycles. The van der Waals surface area contributed by atoms with Gasteiger partial charge in [0.2, 0.25) is 0 Å². The summed E-state index contributed by atoms with van der Waals surface area (Å²) in [5, 5.41) is 0.653. The Morgan fingerprint density at radius 2 is 1.82 bits per heavy atom. The predicted octanol–water partition coefficient (Wildman–Crippen LogP) is 5.50. The molecule has 7 heteroatoms. The first kappa shape index (κ1) is 24.0. The molecular formula is C27H28ClNO5. The molecule has 1 aliphatic carbocycles. The van der Waals surface area contributed by atoms with Gasteiger partial charge in [0, 0.05) is 39.9 Å². The van der Waals surface area contributed by atoms with Crippen molar-refractivity contribution in [2.75, 3.05) is 20.8 Å². The quantitative estimate of drug-likeness (QED) is 0.509. The lowest BCUT2D eigenvalue weighted by Crippen LogP contribution is -2.38. The Labute approximate surface area is 204 Å². The van der Waals surface area contributed by atoms with Gasteiger partial charge in [-0.3, -0.25) is 14.6 Å². The fraction of sp³-hybridized carbons (Fsp3) is 0.370. The Balaban J connectivity index is 1.86. The van der Waals surface area contributed by atoms with Crippen molar-refractivity contribution >= 4 is 29.1 Å². The first-order chi connectivity index (χ1) is 16.4. The smallest absolute Gasteiger partial charge is 0.315 e. The largest absolute Gasteiger partial charge is 0.493 e. The summed E-state index contributed by atoms with van der Waals surface area (Å²) in [6, 6.07) is 13.1. The second-order valence-electron chi connectivity index (χ2n) is 8.48. The zero-order valence-corrected chi connectivity index (χ0v) is 20.5. The lowest BCUT2D eigenvalue weighted by molar-refractivity contribution is -0.146. The Hall–Kier alpha value is -3.12. The molecule has 0 fully saturated rings. The molecule has 2 aromatic carbocycles. The highest BCUT2D eigenvalue weighted by molar-refractivity contribution is 6.30. The average Bonchev–Trinajstić information content (AvgIpc) is 2.82. The van der Waals surface area contributed by atoms with Crippen LogP contribution < -0.4 is 9.47 Å². The number of hydrogen-bond donors (Lipinski definition) is 0. The predicted molar refractivity (Wildman–Crippen MR) is 131 cm³/mol. The van der Waals surface area contributed by atoms with E-state index in [2.05, 4.69) is 0 Å². The number of methoxy groups -OCH3 is 2. The van der Waals surface area contributed by atoms with Gasteiger partial charge in [0.25, 0.3) is 0 Å². The minimum Gasteiger partial charge on any atom is -0.493 e. The number of ether oxygens (including phenoxy) is 3. The van der Waals surface area contributed by atoms with Crippen molar-refractivity contribution in [3.63, 3.8) is 0 Å². The molecule has 34 heavy (non-hydrogen) atoms. The standard InChI is InChI=1S/C27H28ClNO5/c1-5-34-27(31)23-15(2)29-20-13-17(16-9-11-18(28)12-10-16)14-21(30)25(20)24(23)19-7-6-8-22(32-3)26(19)33-4/h6-12,17,23-24H,5,13-14H2,1-4H3/t17-,23?,24+/m1/s1. The van der Waals surface area contributed by atoms with Crippen LogP contribution >= 0.6 is 11.6 Å². The highest BCUT2D eigenvalue weighted by atomic mass is 35.5. The Morgan fingerprint density at radius 1 is 1.09 bits per heavy atom. The minimum absolute atomic E-state index is 0.00735. The van der Waals surface area contributed by atoms with E-state index in [1.165, 1.54) is 0 Å². The molecule has 178 valence electrons.